The van der Waals surface area contributed by atoms with Gasteiger partial charge < -0.3 is 33.8 Å². The van der Waals surface area contributed by atoms with Crippen molar-refractivity contribution in [3.63, 3.8) is 0 Å². The molecule has 0 radical (unpaired) electrons. The van der Waals surface area contributed by atoms with Gasteiger partial charge in [-0.15, -0.1) is 0 Å². The lowest BCUT2D eigenvalue weighted by Crippen LogP contribution is -2.30. The topological polar surface area (TPSA) is 237 Å². The number of aliphatic hydroxyl groups is 1. The lowest BCUT2D eigenvalue weighted by atomic mass is 9.99. The number of ether oxygens (including phenoxy) is 4. The maximum absolute atomic E-state index is 13.2. The fourth-order valence-electron chi connectivity index (χ4n) is 13.0. The fourth-order valence-corrected chi connectivity index (χ4v) is 14.6. The van der Waals surface area contributed by atoms with E-state index in [2.05, 4.69) is 65.8 Å². The van der Waals surface area contributed by atoms with Gasteiger partial charge >= 0.3 is 39.5 Å². The molecule has 0 saturated carbocycles. The van der Waals surface area contributed by atoms with E-state index in [1.165, 1.54) is 238 Å². The second kappa shape index (κ2) is 77.8. The van der Waals surface area contributed by atoms with Gasteiger partial charge in [0.1, 0.15) is 19.3 Å². The molecule has 0 heterocycles. The zero-order chi connectivity index (χ0) is 77.8. The number of rotatable bonds is 84. The summed E-state index contributed by atoms with van der Waals surface area (Å²) < 4.78 is 68.8. The minimum Gasteiger partial charge on any atom is -0.462 e. The average Bonchev–Trinajstić information content (AvgIpc) is 0.903. The van der Waals surface area contributed by atoms with Crippen LogP contribution >= 0.6 is 15.6 Å². The molecule has 0 aliphatic carbocycles. The van der Waals surface area contributed by atoms with Gasteiger partial charge in [-0.3, -0.25) is 37.3 Å². The number of phosphoric ester groups is 2. The van der Waals surface area contributed by atoms with E-state index >= 15 is 0 Å². The Morgan fingerprint density at radius 2 is 0.557 bits per heavy atom. The molecular weight excluding hydrogens is 1380 g/mol. The van der Waals surface area contributed by atoms with Crippen LogP contribution in [0.1, 0.15) is 440 Å². The molecule has 626 valence electrons. The maximum atomic E-state index is 13.2. The number of esters is 4. The van der Waals surface area contributed by atoms with Crippen molar-refractivity contribution >= 4 is 39.5 Å². The van der Waals surface area contributed by atoms with Gasteiger partial charge in [0.2, 0.25) is 0 Å². The van der Waals surface area contributed by atoms with Gasteiger partial charge in [0.25, 0.3) is 0 Å². The largest absolute Gasteiger partial charge is 0.472 e. The van der Waals surface area contributed by atoms with Crippen LogP contribution in [0.4, 0.5) is 0 Å². The summed E-state index contributed by atoms with van der Waals surface area (Å²) in [5.74, 6) is -0.562. The van der Waals surface area contributed by atoms with Gasteiger partial charge in [0.15, 0.2) is 12.2 Å². The van der Waals surface area contributed by atoms with Crippen molar-refractivity contribution in [2.75, 3.05) is 39.6 Å². The average molecular weight is 1550 g/mol. The summed E-state index contributed by atoms with van der Waals surface area (Å²) in [4.78, 5) is 73.2. The number of allylic oxidation sites excluding steroid dienone is 4. The zero-order valence-electron chi connectivity index (χ0n) is 69.2. The molecule has 19 heteroatoms. The van der Waals surface area contributed by atoms with Crippen LogP contribution in [-0.2, 0) is 65.4 Å². The maximum Gasteiger partial charge on any atom is 0.472 e. The van der Waals surface area contributed by atoms with Gasteiger partial charge in [-0.25, -0.2) is 9.13 Å². The van der Waals surface area contributed by atoms with Gasteiger partial charge in [0, 0.05) is 25.7 Å². The molecule has 3 unspecified atom stereocenters. The standard InChI is InChI=1S/C87H166O17P2/c1-7-10-12-14-16-18-20-22-24-25-26-30-34-37-41-45-51-57-63-69-84(89)97-75-82(103-86(91)72-66-60-53-47-43-39-35-31-28-27-29-33-36-40-44-50-56-62-68-80(6)9-3)77-101-105(93,94)99-73-81(88)74-100-106(95,96)102-78-83(76-98-85(90)70-64-58-54-48-49-55-61-67-79(4)5)104-87(92)71-65-59-52-46-42-38-32-23-21-19-17-15-13-11-8-2/h19,21,23,32,79-83,88H,7-18,20,22,24-31,33-78H2,1-6H3,(H,93,94)(H,95,96)/b21-19-,32-23-/t80?,81-,82-,83-/m1/s1. The van der Waals surface area contributed by atoms with Crippen molar-refractivity contribution in [3.05, 3.63) is 24.3 Å². The Labute approximate surface area is 650 Å². The predicted molar refractivity (Wildman–Crippen MR) is 437 cm³/mol. The third-order valence-corrected chi connectivity index (χ3v) is 22.1. The van der Waals surface area contributed by atoms with E-state index in [0.717, 1.165) is 115 Å². The van der Waals surface area contributed by atoms with E-state index in [0.29, 0.717) is 31.6 Å². The monoisotopic (exact) mass is 1550 g/mol. The van der Waals surface area contributed by atoms with Crippen molar-refractivity contribution in [2.45, 2.75) is 458 Å². The van der Waals surface area contributed by atoms with E-state index < -0.39 is 97.5 Å². The Morgan fingerprint density at radius 3 is 0.849 bits per heavy atom. The number of carbonyl (C=O) groups is 4. The van der Waals surface area contributed by atoms with Crippen molar-refractivity contribution in [3.8, 4) is 0 Å². The molecule has 0 fully saturated rings. The summed E-state index contributed by atoms with van der Waals surface area (Å²) >= 11 is 0. The minimum atomic E-state index is -4.97. The lowest BCUT2D eigenvalue weighted by Gasteiger charge is -2.21. The van der Waals surface area contributed by atoms with Crippen LogP contribution in [0, 0.1) is 11.8 Å². The van der Waals surface area contributed by atoms with Crippen molar-refractivity contribution in [2.24, 2.45) is 11.8 Å². The van der Waals surface area contributed by atoms with Crippen LogP contribution in [0.5, 0.6) is 0 Å². The van der Waals surface area contributed by atoms with Crippen molar-refractivity contribution < 1.29 is 80.2 Å². The molecule has 6 atom stereocenters. The normalized spacial score (nSPS) is 14.2. The molecule has 0 rings (SSSR count). The Hall–Kier alpha value is -2.46. The van der Waals surface area contributed by atoms with Crippen LogP contribution in [0.2, 0.25) is 0 Å². The van der Waals surface area contributed by atoms with Gasteiger partial charge in [-0.1, -0.05) is 387 Å². The number of hydrogen-bond acceptors (Lipinski definition) is 15. The Morgan fingerprint density at radius 1 is 0.311 bits per heavy atom. The van der Waals surface area contributed by atoms with E-state index in [4.69, 9.17) is 37.0 Å². The number of hydrogen-bond donors (Lipinski definition) is 3. The van der Waals surface area contributed by atoms with Crippen molar-refractivity contribution in [1.82, 2.24) is 0 Å². The van der Waals surface area contributed by atoms with Crippen LogP contribution in [-0.4, -0.2) is 96.7 Å². The summed E-state index contributed by atoms with van der Waals surface area (Å²) in [7, 11) is -9.94. The molecule has 0 aromatic heterocycles. The summed E-state index contributed by atoms with van der Waals surface area (Å²) in [5.41, 5.74) is 0. The fraction of sp³-hybridized carbons (Fsp3) is 0.908. The highest BCUT2D eigenvalue weighted by molar-refractivity contribution is 7.47. The zero-order valence-corrected chi connectivity index (χ0v) is 71.0. The van der Waals surface area contributed by atoms with E-state index in [9.17, 15) is 43.2 Å². The number of unbranched alkanes of at least 4 members (excludes halogenated alkanes) is 50. The quantitative estimate of drug-likeness (QED) is 0.0169. The molecule has 3 N–H and O–H groups in total. The van der Waals surface area contributed by atoms with Crippen LogP contribution < -0.4 is 0 Å². The number of carbonyl (C=O) groups excluding carboxylic acids is 4. The smallest absolute Gasteiger partial charge is 0.462 e. The number of phosphoric acid groups is 2. The second-order valence-corrected chi connectivity index (χ2v) is 34.2. The minimum absolute atomic E-state index is 0.0845. The highest BCUT2D eigenvalue weighted by Gasteiger charge is 2.30. The molecule has 0 saturated heterocycles. The van der Waals surface area contributed by atoms with Crippen LogP contribution in [0.15, 0.2) is 24.3 Å². The molecule has 17 nitrogen and oxygen atoms in total. The molecule has 0 aromatic rings. The molecule has 0 aromatic carbocycles. The van der Waals surface area contributed by atoms with Gasteiger partial charge in [-0.05, 0) is 63.2 Å². The van der Waals surface area contributed by atoms with Gasteiger partial charge in [0.05, 0.1) is 26.4 Å². The molecule has 0 aliphatic heterocycles. The first-order valence-electron chi connectivity index (χ1n) is 44.3. The Bertz CT molecular complexity index is 2130. The second-order valence-electron chi connectivity index (χ2n) is 31.3. The lowest BCUT2D eigenvalue weighted by molar-refractivity contribution is -0.161. The van der Waals surface area contributed by atoms with Crippen LogP contribution in [0.25, 0.3) is 0 Å². The van der Waals surface area contributed by atoms with E-state index in [-0.39, 0.29) is 25.7 Å². The molecule has 106 heavy (non-hydrogen) atoms. The third-order valence-electron chi connectivity index (χ3n) is 20.2. The van der Waals surface area contributed by atoms with Crippen LogP contribution in [0.3, 0.4) is 0 Å². The highest BCUT2D eigenvalue weighted by atomic mass is 31.2. The summed E-state index contributed by atoms with van der Waals surface area (Å²) in [6.07, 6.45) is 73.2. The molecule has 0 aliphatic rings. The Balaban J connectivity index is 5.25. The van der Waals surface area contributed by atoms with Crippen molar-refractivity contribution in [1.29, 1.82) is 0 Å². The summed E-state index contributed by atoms with van der Waals surface area (Å²) in [6, 6.07) is 0. The van der Waals surface area contributed by atoms with E-state index in [1.807, 2.05) is 0 Å². The number of aliphatic hydroxyl groups excluding tert-OH is 1. The summed E-state index contributed by atoms with van der Waals surface area (Å²) in [6.45, 7) is 9.61. The SMILES string of the molecule is CCCCCC/C=C\C=C/CCCCCCCC(=O)O[C@H](COC(=O)CCCCCCCCCC(C)C)COP(=O)(O)OC[C@H](O)COP(=O)(O)OC[C@@H](COC(=O)CCCCCCCCCCCCCCCCCCCCC)OC(=O)CCCCCCCCCCCCCCCCCCCCC(C)CC. The van der Waals surface area contributed by atoms with Gasteiger partial charge in [-0.2, -0.15) is 0 Å². The molecule has 0 bridgehead atoms. The molecule has 0 amide bonds. The predicted octanol–water partition coefficient (Wildman–Crippen LogP) is 26.2. The first-order valence-corrected chi connectivity index (χ1v) is 47.3. The van der Waals surface area contributed by atoms with E-state index in [1.54, 1.807) is 0 Å². The summed E-state index contributed by atoms with van der Waals surface area (Å²) in [5, 5.41) is 10.7. The molecular formula is C87H166O17P2. The third kappa shape index (κ3) is 78.2. The molecule has 0 spiro atoms. The highest BCUT2D eigenvalue weighted by Crippen LogP contribution is 2.45. The Kier molecular flexibility index (Phi) is 76.0. The first-order chi connectivity index (χ1) is 51.4. The first kappa shape index (κ1) is 104.